The summed E-state index contributed by atoms with van der Waals surface area (Å²) in [5.74, 6) is 0. The highest BCUT2D eigenvalue weighted by molar-refractivity contribution is 8.07. The maximum Gasteiger partial charge on any atom is 0.0891 e. The Morgan fingerprint density at radius 1 is 1.30 bits per heavy atom. The van der Waals surface area contributed by atoms with Gasteiger partial charge in [0.15, 0.2) is 0 Å². The Kier molecular flexibility index (Phi) is 0.765. The van der Waals surface area contributed by atoms with E-state index in [4.69, 9.17) is 0 Å². The molecule has 2 heterocycles. The van der Waals surface area contributed by atoms with E-state index in [0.717, 1.165) is 5.25 Å². The molecule has 2 heteroatoms. The molecule has 10 heavy (non-hydrogen) atoms. The Bertz CT molecular complexity index is 284. The van der Waals surface area contributed by atoms with Gasteiger partial charge in [0, 0.05) is 5.69 Å². The summed E-state index contributed by atoms with van der Waals surface area (Å²) in [5, 5.41) is 4.91. The first-order chi connectivity index (χ1) is 4.95. The number of rotatable bonds is 0. The predicted octanol–water partition coefficient (Wildman–Crippen LogP) is 2.23. The van der Waals surface area contributed by atoms with E-state index in [9.17, 15) is 0 Å². The lowest BCUT2D eigenvalue weighted by Gasteiger charge is -2.00. The molecule has 3 rings (SSSR count). The van der Waals surface area contributed by atoms with Crippen molar-refractivity contribution in [1.82, 2.24) is 0 Å². The highest BCUT2D eigenvalue weighted by Crippen LogP contribution is 2.61. The Morgan fingerprint density at radius 3 is 3.10 bits per heavy atom. The molecular formula is C8H7NS. The Morgan fingerprint density at radius 2 is 2.20 bits per heavy atom. The van der Waals surface area contributed by atoms with Gasteiger partial charge >= 0.3 is 0 Å². The standard InChI is InChI=1S/C8H7NS/c1-2-4-6-5(3-1)7-8(9-6)10-7/h1-4,7-9H. The van der Waals surface area contributed by atoms with Crippen LogP contribution in [0.15, 0.2) is 24.3 Å². The number of thioether (sulfide) groups is 1. The molecule has 2 unspecified atom stereocenters. The lowest BCUT2D eigenvalue weighted by atomic mass is 10.2. The Hall–Kier alpha value is -0.630. The van der Waals surface area contributed by atoms with Gasteiger partial charge < -0.3 is 5.32 Å². The van der Waals surface area contributed by atoms with Crippen molar-refractivity contribution in [2.24, 2.45) is 0 Å². The lowest BCUT2D eigenvalue weighted by molar-refractivity contribution is 1.14. The average molecular weight is 149 g/mol. The maximum atomic E-state index is 3.43. The van der Waals surface area contributed by atoms with Gasteiger partial charge in [0.25, 0.3) is 0 Å². The molecule has 50 valence electrons. The van der Waals surface area contributed by atoms with Crippen molar-refractivity contribution in [2.75, 3.05) is 5.32 Å². The third-order valence-electron chi connectivity index (χ3n) is 2.06. The molecule has 0 aromatic heterocycles. The summed E-state index contributed by atoms with van der Waals surface area (Å²) in [6.45, 7) is 0. The SMILES string of the molecule is c1ccc2c(c1)NC1SC21. The van der Waals surface area contributed by atoms with Crippen LogP contribution in [0.1, 0.15) is 10.8 Å². The van der Waals surface area contributed by atoms with Crippen molar-refractivity contribution < 1.29 is 0 Å². The minimum Gasteiger partial charge on any atom is -0.372 e. The lowest BCUT2D eigenvalue weighted by Crippen LogP contribution is -1.93. The minimum atomic E-state index is 0.706. The summed E-state index contributed by atoms with van der Waals surface area (Å²) in [6.07, 6.45) is 0. The van der Waals surface area contributed by atoms with E-state index in [2.05, 4.69) is 29.6 Å². The fraction of sp³-hybridized carbons (Fsp3) is 0.250. The van der Waals surface area contributed by atoms with Crippen LogP contribution in [-0.2, 0) is 0 Å². The second-order valence-corrected chi connectivity index (χ2v) is 4.00. The number of benzene rings is 1. The largest absolute Gasteiger partial charge is 0.372 e. The normalized spacial score (nSPS) is 32.4. The first kappa shape index (κ1) is 5.08. The molecule has 1 aromatic carbocycles. The molecular weight excluding hydrogens is 142 g/mol. The molecule has 1 saturated heterocycles. The van der Waals surface area contributed by atoms with Crippen LogP contribution in [0.25, 0.3) is 0 Å². The smallest absolute Gasteiger partial charge is 0.0891 e. The van der Waals surface area contributed by atoms with E-state index in [1.165, 1.54) is 11.3 Å². The van der Waals surface area contributed by atoms with Gasteiger partial charge in [0.2, 0.25) is 0 Å². The minimum absolute atomic E-state index is 0.706. The van der Waals surface area contributed by atoms with Gasteiger partial charge in [-0.25, -0.2) is 0 Å². The zero-order chi connectivity index (χ0) is 6.55. The molecule has 0 saturated carbocycles. The maximum absolute atomic E-state index is 3.43. The second kappa shape index (κ2) is 1.51. The van der Waals surface area contributed by atoms with Gasteiger partial charge in [-0.15, -0.1) is 11.8 Å². The van der Waals surface area contributed by atoms with E-state index < -0.39 is 0 Å². The van der Waals surface area contributed by atoms with Crippen LogP contribution in [-0.4, -0.2) is 5.37 Å². The summed E-state index contributed by atoms with van der Waals surface area (Å²) in [7, 11) is 0. The highest BCUT2D eigenvalue weighted by Gasteiger charge is 2.46. The van der Waals surface area contributed by atoms with Crippen molar-refractivity contribution in [3.8, 4) is 0 Å². The summed E-state index contributed by atoms with van der Waals surface area (Å²) in [6, 6.07) is 8.57. The van der Waals surface area contributed by atoms with Crippen LogP contribution < -0.4 is 5.32 Å². The van der Waals surface area contributed by atoms with Crippen LogP contribution in [0.5, 0.6) is 0 Å². The summed E-state index contributed by atoms with van der Waals surface area (Å²) in [4.78, 5) is 0. The van der Waals surface area contributed by atoms with Gasteiger partial charge in [0.05, 0.1) is 10.6 Å². The van der Waals surface area contributed by atoms with Crippen molar-refractivity contribution in [2.45, 2.75) is 10.6 Å². The first-order valence-corrected chi connectivity index (χ1v) is 4.40. The second-order valence-electron chi connectivity index (χ2n) is 2.71. The summed E-state index contributed by atoms with van der Waals surface area (Å²) in [5.41, 5.74) is 2.84. The topological polar surface area (TPSA) is 12.0 Å². The first-order valence-electron chi connectivity index (χ1n) is 3.46. The predicted molar refractivity (Wildman–Crippen MR) is 44.2 cm³/mol. The van der Waals surface area contributed by atoms with Crippen LogP contribution >= 0.6 is 11.8 Å². The van der Waals surface area contributed by atoms with Gasteiger partial charge in [-0.2, -0.15) is 0 Å². The zero-order valence-corrected chi connectivity index (χ0v) is 6.19. The van der Waals surface area contributed by atoms with E-state index in [1.54, 1.807) is 0 Å². The quantitative estimate of drug-likeness (QED) is 0.568. The molecule has 0 spiro atoms. The van der Waals surface area contributed by atoms with E-state index in [-0.39, 0.29) is 0 Å². The zero-order valence-electron chi connectivity index (χ0n) is 5.37. The molecule has 0 amide bonds. The number of fused-ring (bicyclic) bond motifs is 3. The molecule has 0 aliphatic carbocycles. The molecule has 2 atom stereocenters. The Labute approximate surface area is 63.8 Å². The van der Waals surface area contributed by atoms with Gasteiger partial charge in [0.1, 0.15) is 0 Å². The van der Waals surface area contributed by atoms with Gasteiger partial charge in [-0.05, 0) is 11.6 Å². The molecule has 0 radical (unpaired) electrons. The van der Waals surface area contributed by atoms with Crippen LogP contribution in [0.3, 0.4) is 0 Å². The molecule has 1 nitrogen and oxygen atoms in total. The number of hydrogen-bond donors (Lipinski definition) is 1. The van der Waals surface area contributed by atoms with E-state index in [1.807, 2.05) is 11.8 Å². The van der Waals surface area contributed by atoms with Crippen molar-refractivity contribution in [1.29, 1.82) is 0 Å². The van der Waals surface area contributed by atoms with Gasteiger partial charge in [-0.3, -0.25) is 0 Å². The third kappa shape index (κ3) is 0.504. The van der Waals surface area contributed by atoms with Gasteiger partial charge in [-0.1, -0.05) is 18.2 Å². The molecule has 2 aliphatic rings. The summed E-state index contributed by atoms with van der Waals surface area (Å²) < 4.78 is 0. The molecule has 0 bridgehead atoms. The third-order valence-corrected chi connectivity index (χ3v) is 3.24. The fourth-order valence-electron chi connectivity index (χ4n) is 1.49. The number of para-hydroxylation sites is 1. The monoisotopic (exact) mass is 149 g/mol. The highest BCUT2D eigenvalue weighted by atomic mass is 32.2. The number of hydrogen-bond acceptors (Lipinski definition) is 2. The van der Waals surface area contributed by atoms with E-state index >= 15 is 0 Å². The van der Waals surface area contributed by atoms with Crippen LogP contribution in [0.2, 0.25) is 0 Å². The van der Waals surface area contributed by atoms with Crippen LogP contribution in [0, 0.1) is 0 Å². The Balaban J connectivity index is 2.22. The van der Waals surface area contributed by atoms with Crippen LogP contribution in [0.4, 0.5) is 5.69 Å². The summed E-state index contributed by atoms with van der Waals surface area (Å²) >= 11 is 2.01. The van der Waals surface area contributed by atoms with Crippen molar-refractivity contribution in [3.63, 3.8) is 0 Å². The number of nitrogens with one attached hydrogen (secondary N) is 1. The molecule has 1 fully saturated rings. The molecule has 1 aromatic rings. The molecule has 1 N–H and O–H groups in total. The van der Waals surface area contributed by atoms with E-state index in [0.29, 0.717) is 5.37 Å². The van der Waals surface area contributed by atoms with Crippen molar-refractivity contribution >= 4 is 17.4 Å². The average Bonchev–Trinajstić information content (AvgIpc) is 2.64. The van der Waals surface area contributed by atoms with Crippen molar-refractivity contribution in [3.05, 3.63) is 29.8 Å². The molecule has 2 aliphatic heterocycles. The fourth-order valence-corrected chi connectivity index (χ4v) is 2.48. The number of anilines is 1.